The fourth-order valence-corrected chi connectivity index (χ4v) is 3.73. The minimum Gasteiger partial charge on any atom is -0.355 e. The normalized spacial score (nSPS) is 17.0. The summed E-state index contributed by atoms with van der Waals surface area (Å²) in [5.41, 5.74) is 0. The van der Waals surface area contributed by atoms with E-state index in [0.29, 0.717) is 6.54 Å². The van der Waals surface area contributed by atoms with E-state index in [1.165, 1.54) is 0 Å². The van der Waals surface area contributed by atoms with Gasteiger partial charge in [0.15, 0.2) is 0 Å². The highest BCUT2D eigenvalue weighted by Gasteiger charge is 2.24. The Balaban J connectivity index is 1.68. The van der Waals surface area contributed by atoms with Crippen molar-refractivity contribution < 1.29 is 9.59 Å². The van der Waals surface area contributed by atoms with Gasteiger partial charge in [0.1, 0.15) is 0 Å². The molecule has 1 aromatic carbocycles. The maximum absolute atomic E-state index is 12.4. The molecule has 0 bridgehead atoms. The van der Waals surface area contributed by atoms with Crippen LogP contribution in [0.15, 0.2) is 35.2 Å². The first kappa shape index (κ1) is 19.8. The molecule has 0 aromatic heterocycles. The Morgan fingerprint density at radius 2 is 1.92 bits per heavy atom. The monoisotopic (exact) mass is 363 g/mol. The van der Waals surface area contributed by atoms with Gasteiger partial charge in [-0.25, -0.2) is 0 Å². The zero-order valence-electron chi connectivity index (χ0n) is 15.2. The number of thioether (sulfide) groups is 1. The van der Waals surface area contributed by atoms with Crippen molar-refractivity contribution in [3.05, 3.63) is 30.3 Å². The maximum atomic E-state index is 12.4. The Bertz CT molecular complexity index is 545. The average molecular weight is 364 g/mol. The minimum absolute atomic E-state index is 0.0907. The van der Waals surface area contributed by atoms with Crippen LogP contribution < -0.4 is 10.6 Å². The highest BCUT2D eigenvalue weighted by Crippen LogP contribution is 2.23. The van der Waals surface area contributed by atoms with Crippen molar-refractivity contribution in [1.82, 2.24) is 15.5 Å². The summed E-state index contributed by atoms with van der Waals surface area (Å²) >= 11 is 1.58. The van der Waals surface area contributed by atoms with Gasteiger partial charge in [0.25, 0.3) is 0 Å². The van der Waals surface area contributed by atoms with E-state index in [9.17, 15) is 9.59 Å². The smallest absolute Gasteiger partial charge is 0.234 e. The van der Waals surface area contributed by atoms with Crippen molar-refractivity contribution in [3.63, 3.8) is 0 Å². The molecule has 25 heavy (non-hydrogen) atoms. The number of carbonyl (C=O) groups excluding carboxylic acids is 2. The number of hydrogen-bond acceptors (Lipinski definition) is 4. The summed E-state index contributed by atoms with van der Waals surface area (Å²) in [5, 5.41) is 5.96. The van der Waals surface area contributed by atoms with E-state index < -0.39 is 0 Å². The molecule has 6 heteroatoms. The third kappa shape index (κ3) is 7.08. The molecule has 0 aliphatic carbocycles. The van der Waals surface area contributed by atoms with Crippen LogP contribution in [0, 0.1) is 0 Å². The molecule has 1 unspecified atom stereocenters. The van der Waals surface area contributed by atoms with Gasteiger partial charge >= 0.3 is 0 Å². The molecule has 0 radical (unpaired) electrons. The van der Waals surface area contributed by atoms with Crippen LogP contribution in [0.4, 0.5) is 0 Å². The van der Waals surface area contributed by atoms with Gasteiger partial charge in [-0.05, 0) is 38.3 Å². The fraction of sp³-hybridized carbons (Fsp3) is 0.579. The van der Waals surface area contributed by atoms with Gasteiger partial charge in [0.2, 0.25) is 11.8 Å². The summed E-state index contributed by atoms with van der Waals surface area (Å²) in [7, 11) is 0. The van der Waals surface area contributed by atoms with Crippen molar-refractivity contribution >= 4 is 23.6 Å². The van der Waals surface area contributed by atoms with Gasteiger partial charge in [0.05, 0.1) is 11.8 Å². The van der Waals surface area contributed by atoms with Crippen LogP contribution in [0.3, 0.4) is 0 Å². The summed E-state index contributed by atoms with van der Waals surface area (Å²) in [6.45, 7) is 6.89. The average Bonchev–Trinajstić information content (AvgIpc) is 2.62. The van der Waals surface area contributed by atoms with Crippen molar-refractivity contribution in [1.29, 1.82) is 0 Å². The topological polar surface area (TPSA) is 61.4 Å². The second-order valence-electron chi connectivity index (χ2n) is 6.48. The minimum atomic E-state index is -0.111. The van der Waals surface area contributed by atoms with E-state index in [0.717, 1.165) is 43.8 Å². The lowest BCUT2D eigenvalue weighted by molar-refractivity contribution is -0.123. The molecule has 1 heterocycles. The molecule has 1 saturated heterocycles. The van der Waals surface area contributed by atoms with Gasteiger partial charge in [0, 0.05) is 30.6 Å². The summed E-state index contributed by atoms with van der Waals surface area (Å²) in [4.78, 5) is 27.4. The first-order chi connectivity index (χ1) is 12.1. The van der Waals surface area contributed by atoms with E-state index in [4.69, 9.17) is 0 Å². The number of benzene rings is 1. The molecule has 1 aliphatic rings. The summed E-state index contributed by atoms with van der Waals surface area (Å²) in [6.07, 6.45) is 2.75. The first-order valence-corrected chi connectivity index (χ1v) is 9.97. The van der Waals surface area contributed by atoms with Crippen molar-refractivity contribution in [2.75, 3.05) is 26.2 Å². The Hall–Kier alpha value is -1.53. The van der Waals surface area contributed by atoms with Crippen LogP contribution in [-0.4, -0.2) is 54.2 Å². The van der Waals surface area contributed by atoms with E-state index in [2.05, 4.69) is 15.5 Å². The number of likely N-dealkylation sites (tertiary alicyclic amines) is 1. The molecule has 1 atom stereocenters. The van der Waals surface area contributed by atoms with Crippen LogP contribution >= 0.6 is 11.8 Å². The molecule has 2 amide bonds. The standard InChI is InChI=1S/C19H29N3O2S/c1-3-11-20-18(23)14-22-12-9-16(10-13-22)21-19(24)15(2)25-17-7-5-4-6-8-17/h4-8,15-16H,3,9-14H2,1-2H3,(H,20,23)(H,21,24). The maximum Gasteiger partial charge on any atom is 0.234 e. The number of nitrogens with zero attached hydrogens (tertiary/aromatic N) is 1. The van der Waals surface area contributed by atoms with E-state index in [-0.39, 0.29) is 23.1 Å². The highest BCUT2D eigenvalue weighted by atomic mass is 32.2. The summed E-state index contributed by atoms with van der Waals surface area (Å²) in [6, 6.07) is 10.2. The molecule has 1 aliphatic heterocycles. The molecular weight excluding hydrogens is 334 g/mol. The number of hydrogen-bond donors (Lipinski definition) is 2. The first-order valence-electron chi connectivity index (χ1n) is 9.09. The number of amides is 2. The third-order valence-corrected chi connectivity index (χ3v) is 5.41. The molecule has 0 saturated carbocycles. The molecule has 2 rings (SSSR count). The zero-order chi connectivity index (χ0) is 18.1. The van der Waals surface area contributed by atoms with Gasteiger partial charge in [-0.1, -0.05) is 25.1 Å². The van der Waals surface area contributed by atoms with Crippen LogP contribution in [0.2, 0.25) is 0 Å². The van der Waals surface area contributed by atoms with Gasteiger partial charge in [-0.15, -0.1) is 11.8 Å². The quantitative estimate of drug-likeness (QED) is 0.696. The summed E-state index contributed by atoms with van der Waals surface area (Å²) < 4.78 is 0. The van der Waals surface area contributed by atoms with Crippen molar-refractivity contribution in [2.45, 2.75) is 49.3 Å². The molecule has 1 fully saturated rings. The molecule has 138 valence electrons. The van der Waals surface area contributed by atoms with Crippen molar-refractivity contribution in [2.24, 2.45) is 0 Å². The van der Waals surface area contributed by atoms with Crippen LogP contribution in [-0.2, 0) is 9.59 Å². The Labute approximate surface area is 154 Å². The van der Waals surface area contributed by atoms with E-state index in [1.54, 1.807) is 11.8 Å². The van der Waals surface area contributed by atoms with Gasteiger partial charge in [-0.3, -0.25) is 14.5 Å². The zero-order valence-corrected chi connectivity index (χ0v) is 16.0. The third-order valence-electron chi connectivity index (χ3n) is 4.30. The highest BCUT2D eigenvalue weighted by molar-refractivity contribution is 8.00. The lowest BCUT2D eigenvalue weighted by Crippen LogP contribution is -2.48. The molecule has 0 spiro atoms. The number of piperidine rings is 1. The van der Waals surface area contributed by atoms with Crippen molar-refractivity contribution in [3.8, 4) is 0 Å². The second kappa shape index (κ2) is 10.5. The molecular formula is C19H29N3O2S. The van der Waals surface area contributed by atoms with E-state index in [1.807, 2.05) is 44.2 Å². The fourth-order valence-electron chi connectivity index (χ4n) is 2.83. The molecule has 1 aromatic rings. The predicted octanol–water partition coefficient (Wildman–Crippen LogP) is 2.27. The Morgan fingerprint density at radius 3 is 2.56 bits per heavy atom. The lowest BCUT2D eigenvalue weighted by Gasteiger charge is -2.32. The van der Waals surface area contributed by atoms with Crippen LogP contribution in [0.5, 0.6) is 0 Å². The van der Waals surface area contributed by atoms with E-state index >= 15 is 0 Å². The Morgan fingerprint density at radius 1 is 1.24 bits per heavy atom. The van der Waals surface area contributed by atoms with Gasteiger partial charge in [-0.2, -0.15) is 0 Å². The Kier molecular flexibility index (Phi) is 8.28. The molecule has 5 nitrogen and oxygen atoms in total. The number of rotatable bonds is 8. The van der Waals surface area contributed by atoms with Gasteiger partial charge < -0.3 is 10.6 Å². The largest absolute Gasteiger partial charge is 0.355 e. The lowest BCUT2D eigenvalue weighted by atomic mass is 10.0. The van der Waals surface area contributed by atoms with Crippen LogP contribution in [0.25, 0.3) is 0 Å². The summed E-state index contributed by atoms with van der Waals surface area (Å²) in [5.74, 6) is 0.185. The van der Waals surface area contributed by atoms with Crippen LogP contribution in [0.1, 0.15) is 33.1 Å². The number of nitrogens with one attached hydrogen (secondary N) is 2. The predicted molar refractivity (Wildman–Crippen MR) is 103 cm³/mol. The molecule has 2 N–H and O–H groups in total. The second-order valence-corrected chi connectivity index (χ2v) is 7.90. The SMILES string of the molecule is CCCNC(=O)CN1CCC(NC(=O)C(C)Sc2ccccc2)CC1. The number of carbonyl (C=O) groups is 2.